The van der Waals surface area contributed by atoms with Gasteiger partial charge in [0.2, 0.25) is 5.91 Å². The third-order valence-corrected chi connectivity index (χ3v) is 4.69. The lowest BCUT2D eigenvalue weighted by atomic mass is 10.1. The molecular formula is C18H16Cl3FN2O2. The van der Waals surface area contributed by atoms with Crippen molar-refractivity contribution in [1.29, 1.82) is 0 Å². The Morgan fingerprint density at radius 1 is 1.04 bits per heavy atom. The van der Waals surface area contributed by atoms with Gasteiger partial charge in [-0.3, -0.25) is 9.59 Å². The first kappa shape index (κ1) is 20.5. The van der Waals surface area contributed by atoms with Gasteiger partial charge in [0.1, 0.15) is 5.82 Å². The van der Waals surface area contributed by atoms with Crippen LogP contribution in [0.3, 0.4) is 0 Å². The first-order valence-electron chi connectivity index (χ1n) is 7.75. The minimum absolute atomic E-state index is 0.0141. The van der Waals surface area contributed by atoms with E-state index in [-0.39, 0.29) is 35.5 Å². The van der Waals surface area contributed by atoms with E-state index in [1.165, 1.54) is 6.07 Å². The standard InChI is InChI=1S/C18H16Cl3FN2O2/c1-10(11-2-5-14(19)16(21)8-11)24-17(25)6-7-23-18(26)13-4-3-12(22)9-15(13)20/h2-5,8-10H,6-7H2,1H3,(H,23,26)(H,24,25)/t10-/m0/s1. The Hall–Kier alpha value is -1.82. The van der Waals surface area contributed by atoms with Crippen LogP contribution in [0.2, 0.25) is 15.1 Å². The average Bonchev–Trinajstić information content (AvgIpc) is 2.57. The van der Waals surface area contributed by atoms with Gasteiger partial charge >= 0.3 is 0 Å². The molecule has 4 nitrogen and oxygen atoms in total. The molecule has 0 aliphatic heterocycles. The van der Waals surface area contributed by atoms with E-state index in [2.05, 4.69) is 10.6 Å². The van der Waals surface area contributed by atoms with Crippen molar-refractivity contribution in [3.05, 3.63) is 68.4 Å². The highest BCUT2D eigenvalue weighted by Gasteiger charge is 2.13. The number of amides is 2. The molecule has 0 spiro atoms. The molecule has 138 valence electrons. The summed E-state index contributed by atoms with van der Waals surface area (Å²) in [6.07, 6.45) is 0.0796. The molecule has 0 aliphatic carbocycles. The summed E-state index contributed by atoms with van der Waals surface area (Å²) in [4.78, 5) is 24.0. The van der Waals surface area contributed by atoms with Crippen molar-refractivity contribution in [2.24, 2.45) is 0 Å². The second kappa shape index (κ2) is 9.21. The summed E-state index contributed by atoms with van der Waals surface area (Å²) in [5, 5.41) is 6.25. The first-order chi connectivity index (χ1) is 12.3. The van der Waals surface area contributed by atoms with Crippen LogP contribution in [0, 0.1) is 5.82 Å². The summed E-state index contributed by atoms with van der Waals surface area (Å²) >= 11 is 17.7. The van der Waals surface area contributed by atoms with Crippen LogP contribution in [0.15, 0.2) is 36.4 Å². The van der Waals surface area contributed by atoms with Crippen LogP contribution in [0.25, 0.3) is 0 Å². The highest BCUT2D eigenvalue weighted by molar-refractivity contribution is 6.42. The molecule has 0 saturated carbocycles. The van der Waals surface area contributed by atoms with E-state index in [0.717, 1.165) is 17.7 Å². The van der Waals surface area contributed by atoms with Gasteiger partial charge in [0, 0.05) is 13.0 Å². The molecule has 0 saturated heterocycles. The molecule has 0 aliphatic rings. The zero-order valence-corrected chi connectivity index (χ0v) is 16.1. The van der Waals surface area contributed by atoms with Crippen LogP contribution in [-0.4, -0.2) is 18.4 Å². The molecule has 0 unspecified atom stereocenters. The lowest BCUT2D eigenvalue weighted by Gasteiger charge is -2.15. The Morgan fingerprint density at radius 3 is 2.42 bits per heavy atom. The molecule has 2 aromatic rings. The monoisotopic (exact) mass is 416 g/mol. The second-order valence-electron chi connectivity index (χ2n) is 5.59. The van der Waals surface area contributed by atoms with Gasteiger partial charge in [-0.1, -0.05) is 40.9 Å². The molecule has 1 atom stereocenters. The lowest BCUT2D eigenvalue weighted by molar-refractivity contribution is -0.121. The lowest BCUT2D eigenvalue weighted by Crippen LogP contribution is -2.32. The maximum atomic E-state index is 13.0. The molecule has 26 heavy (non-hydrogen) atoms. The number of nitrogens with one attached hydrogen (secondary N) is 2. The Kier molecular flexibility index (Phi) is 7.26. The van der Waals surface area contributed by atoms with Crippen molar-refractivity contribution in [3.63, 3.8) is 0 Å². The van der Waals surface area contributed by atoms with Gasteiger partial charge in [-0.2, -0.15) is 0 Å². The van der Waals surface area contributed by atoms with Crippen molar-refractivity contribution < 1.29 is 14.0 Å². The van der Waals surface area contributed by atoms with Gasteiger partial charge in [-0.05, 0) is 42.8 Å². The van der Waals surface area contributed by atoms with Crippen molar-refractivity contribution in [3.8, 4) is 0 Å². The Balaban J connectivity index is 1.82. The number of halogens is 4. The van der Waals surface area contributed by atoms with Crippen molar-refractivity contribution >= 4 is 46.6 Å². The van der Waals surface area contributed by atoms with E-state index in [4.69, 9.17) is 34.8 Å². The van der Waals surface area contributed by atoms with Crippen LogP contribution in [-0.2, 0) is 4.79 Å². The molecule has 0 heterocycles. The van der Waals surface area contributed by atoms with Crippen LogP contribution in [0.1, 0.15) is 35.3 Å². The minimum Gasteiger partial charge on any atom is -0.351 e. The summed E-state index contributed by atoms with van der Waals surface area (Å²) in [5.74, 6) is -1.24. The molecule has 8 heteroatoms. The van der Waals surface area contributed by atoms with E-state index >= 15 is 0 Å². The molecular weight excluding hydrogens is 402 g/mol. The zero-order valence-electron chi connectivity index (χ0n) is 13.8. The van der Waals surface area contributed by atoms with Gasteiger partial charge in [0.05, 0.1) is 26.7 Å². The molecule has 0 radical (unpaired) electrons. The highest BCUT2D eigenvalue weighted by Crippen LogP contribution is 2.25. The number of hydrogen-bond acceptors (Lipinski definition) is 2. The normalized spacial score (nSPS) is 11.7. The van der Waals surface area contributed by atoms with E-state index in [1.54, 1.807) is 18.2 Å². The predicted octanol–water partition coefficient (Wildman–Crippen LogP) is 4.78. The van der Waals surface area contributed by atoms with Crippen molar-refractivity contribution in [2.45, 2.75) is 19.4 Å². The Labute approximate surface area is 165 Å². The minimum atomic E-state index is -0.526. The third-order valence-electron chi connectivity index (χ3n) is 3.63. The maximum absolute atomic E-state index is 13.0. The Bertz CT molecular complexity index is 830. The third kappa shape index (κ3) is 5.59. The fraction of sp³-hybridized carbons (Fsp3) is 0.222. The summed E-state index contributed by atoms with van der Waals surface area (Å²) < 4.78 is 13.0. The molecule has 2 rings (SSSR count). The van der Waals surface area contributed by atoms with Gasteiger partial charge in [0.15, 0.2) is 0 Å². The quantitative estimate of drug-likeness (QED) is 0.710. The number of carbonyl (C=O) groups excluding carboxylic acids is 2. The van der Waals surface area contributed by atoms with Crippen LogP contribution in [0.5, 0.6) is 0 Å². The fourth-order valence-electron chi connectivity index (χ4n) is 2.24. The van der Waals surface area contributed by atoms with Gasteiger partial charge in [-0.25, -0.2) is 4.39 Å². The summed E-state index contributed by atoms with van der Waals surface area (Å²) in [6.45, 7) is 1.93. The number of benzene rings is 2. The molecule has 0 bridgehead atoms. The number of hydrogen-bond donors (Lipinski definition) is 2. The zero-order chi connectivity index (χ0) is 19.3. The summed E-state index contributed by atoms with van der Waals surface area (Å²) in [5.41, 5.74) is 0.965. The predicted molar refractivity (Wildman–Crippen MR) is 101 cm³/mol. The van der Waals surface area contributed by atoms with Gasteiger partial charge in [0.25, 0.3) is 5.91 Å². The van der Waals surface area contributed by atoms with Crippen molar-refractivity contribution in [2.75, 3.05) is 6.54 Å². The average molecular weight is 418 g/mol. The second-order valence-corrected chi connectivity index (χ2v) is 6.81. The first-order valence-corrected chi connectivity index (χ1v) is 8.89. The summed E-state index contributed by atoms with van der Waals surface area (Å²) in [7, 11) is 0. The Morgan fingerprint density at radius 2 is 1.77 bits per heavy atom. The van der Waals surface area contributed by atoms with E-state index in [1.807, 2.05) is 6.92 Å². The van der Waals surface area contributed by atoms with E-state index in [9.17, 15) is 14.0 Å². The maximum Gasteiger partial charge on any atom is 0.252 e. The van der Waals surface area contributed by atoms with Crippen LogP contribution in [0.4, 0.5) is 4.39 Å². The van der Waals surface area contributed by atoms with Crippen molar-refractivity contribution in [1.82, 2.24) is 10.6 Å². The molecule has 2 amide bonds. The number of rotatable bonds is 6. The number of carbonyl (C=O) groups is 2. The molecule has 0 fully saturated rings. The largest absolute Gasteiger partial charge is 0.351 e. The van der Waals surface area contributed by atoms with E-state index < -0.39 is 11.7 Å². The van der Waals surface area contributed by atoms with Crippen LogP contribution < -0.4 is 10.6 Å². The topological polar surface area (TPSA) is 58.2 Å². The highest BCUT2D eigenvalue weighted by atomic mass is 35.5. The van der Waals surface area contributed by atoms with E-state index in [0.29, 0.717) is 10.0 Å². The van der Waals surface area contributed by atoms with Crippen LogP contribution >= 0.6 is 34.8 Å². The molecule has 0 aromatic heterocycles. The fourth-order valence-corrected chi connectivity index (χ4v) is 2.80. The molecule has 2 N–H and O–H groups in total. The van der Waals surface area contributed by atoms with Gasteiger partial charge < -0.3 is 10.6 Å². The van der Waals surface area contributed by atoms with Gasteiger partial charge in [-0.15, -0.1) is 0 Å². The molecule has 2 aromatic carbocycles. The smallest absolute Gasteiger partial charge is 0.252 e. The summed E-state index contributed by atoms with van der Waals surface area (Å²) in [6, 6.07) is 8.35. The SMILES string of the molecule is C[C@H](NC(=O)CCNC(=O)c1ccc(F)cc1Cl)c1ccc(Cl)c(Cl)c1.